The first kappa shape index (κ1) is 14.9. The summed E-state index contributed by atoms with van der Waals surface area (Å²) in [5.41, 5.74) is 0.616. The van der Waals surface area contributed by atoms with Crippen molar-refractivity contribution in [3.8, 4) is 0 Å². The van der Waals surface area contributed by atoms with Gasteiger partial charge in [0.25, 0.3) is 5.91 Å². The number of hydrogen-bond acceptors (Lipinski definition) is 5. The molecule has 1 aromatic heterocycles. The first-order valence-electron chi connectivity index (χ1n) is 7.79. The summed E-state index contributed by atoms with van der Waals surface area (Å²) in [7, 11) is 4.06. The van der Waals surface area contributed by atoms with Gasteiger partial charge in [0, 0.05) is 18.5 Å². The Morgan fingerprint density at radius 1 is 1.43 bits per heavy atom. The van der Waals surface area contributed by atoms with E-state index in [2.05, 4.69) is 22.2 Å². The van der Waals surface area contributed by atoms with Gasteiger partial charge in [-0.3, -0.25) is 4.79 Å². The Hall–Kier alpha value is -0.980. The van der Waals surface area contributed by atoms with Crippen LogP contribution in [0.2, 0.25) is 0 Å². The Bertz CT molecular complexity index is 490. The Labute approximate surface area is 130 Å². The molecule has 116 valence electrons. The minimum absolute atomic E-state index is 0.0741. The van der Waals surface area contributed by atoms with Crippen LogP contribution in [0.3, 0.4) is 0 Å². The van der Waals surface area contributed by atoms with Gasteiger partial charge in [-0.2, -0.15) is 0 Å². The normalized spacial score (nSPS) is 24.4. The van der Waals surface area contributed by atoms with E-state index in [4.69, 9.17) is 0 Å². The van der Waals surface area contributed by atoms with Crippen LogP contribution >= 0.6 is 11.3 Å². The molecule has 3 rings (SSSR count). The first-order valence-corrected chi connectivity index (χ1v) is 8.67. The molecule has 3 heterocycles. The second kappa shape index (κ2) is 6.42. The molecule has 0 bridgehead atoms. The molecule has 2 saturated heterocycles. The second-order valence-electron chi connectivity index (χ2n) is 6.17. The third kappa shape index (κ3) is 3.27. The van der Waals surface area contributed by atoms with E-state index < -0.39 is 0 Å². The lowest BCUT2D eigenvalue weighted by atomic mass is 10.0. The van der Waals surface area contributed by atoms with E-state index in [0.717, 1.165) is 43.9 Å². The lowest BCUT2D eigenvalue weighted by molar-refractivity contribution is 0.0654. The zero-order valence-corrected chi connectivity index (χ0v) is 13.7. The van der Waals surface area contributed by atoms with Crippen LogP contribution in [-0.4, -0.2) is 60.5 Å². The fourth-order valence-electron chi connectivity index (χ4n) is 3.17. The minimum Gasteiger partial charge on any atom is -0.337 e. The van der Waals surface area contributed by atoms with E-state index in [1.54, 1.807) is 11.3 Å². The van der Waals surface area contributed by atoms with E-state index in [1.165, 1.54) is 6.42 Å². The molecule has 1 unspecified atom stereocenters. The van der Waals surface area contributed by atoms with E-state index in [0.29, 0.717) is 17.8 Å². The van der Waals surface area contributed by atoms with Gasteiger partial charge < -0.3 is 15.1 Å². The van der Waals surface area contributed by atoms with Crippen molar-refractivity contribution in [3.63, 3.8) is 0 Å². The molecule has 1 amide bonds. The molecular weight excluding hydrogens is 284 g/mol. The average Bonchev–Trinajstić information content (AvgIpc) is 3.17. The zero-order chi connectivity index (χ0) is 14.8. The number of piperidine rings is 1. The number of carbonyl (C=O) groups is 1. The SMILES string of the molecule is CN1CCC(N(C)C(=O)c2csc(C3CCCN3)n2)CC1. The summed E-state index contributed by atoms with van der Waals surface area (Å²) in [5, 5.41) is 6.42. The molecule has 2 fully saturated rings. The maximum Gasteiger partial charge on any atom is 0.273 e. The molecule has 21 heavy (non-hydrogen) atoms. The highest BCUT2D eigenvalue weighted by Gasteiger charge is 2.27. The van der Waals surface area contributed by atoms with Crippen molar-refractivity contribution in [1.82, 2.24) is 20.1 Å². The van der Waals surface area contributed by atoms with Gasteiger partial charge in [-0.1, -0.05) is 0 Å². The molecule has 1 aromatic rings. The predicted octanol–water partition coefficient (Wildman–Crippen LogP) is 1.73. The molecule has 2 aliphatic heterocycles. The van der Waals surface area contributed by atoms with E-state index in [9.17, 15) is 4.79 Å². The van der Waals surface area contributed by atoms with Gasteiger partial charge in [-0.05, 0) is 52.4 Å². The van der Waals surface area contributed by atoms with Crippen molar-refractivity contribution in [2.75, 3.05) is 33.7 Å². The van der Waals surface area contributed by atoms with Crippen molar-refractivity contribution in [2.45, 2.75) is 37.8 Å². The monoisotopic (exact) mass is 308 g/mol. The van der Waals surface area contributed by atoms with E-state index in [-0.39, 0.29) is 5.91 Å². The molecular formula is C15H24N4OS. The quantitative estimate of drug-likeness (QED) is 0.924. The summed E-state index contributed by atoms with van der Waals surface area (Å²) >= 11 is 1.61. The third-order valence-corrected chi connectivity index (χ3v) is 5.61. The lowest BCUT2D eigenvalue weighted by Crippen LogP contribution is -2.44. The van der Waals surface area contributed by atoms with Crippen LogP contribution < -0.4 is 5.32 Å². The number of likely N-dealkylation sites (tertiary alicyclic amines) is 1. The van der Waals surface area contributed by atoms with Gasteiger partial charge >= 0.3 is 0 Å². The summed E-state index contributed by atoms with van der Waals surface area (Å²) in [6.45, 7) is 3.19. The zero-order valence-electron chi connectivity index (χ0n) is 12.8. The van der Waals surface area contributed by atoms with Crippen LogP contribution in [0.25, 0.3) is 0 Å². The van der Waals surface area contributed by atoms with Gasteiger partial charge in [0.15, 0.2) is 0 Å². The Morgan fingerprint density at radius 3 is 2.86 bits per heavy atom. The molecule has 0 saturated carbocycles. The van der Waals surface area contributed by atoms with E-state index in [1.807, 2.05) is 17.3 Å². The average molecular weight is 308 g/mol. The standard InChI is InChI=1S/C15H24N4OS/c1-18-8-5-11(6-9-18)19(2)15(20)13-10-21-14(17-13)12-4-3-7-16-12/h10-12,16H,3-9H2,1-2H3. The topological polar surface area (TPSA) is 48.5 Å². The summed E-state index contributed by atoms with van der Waals surface area (Å²) < 4.78 is 0. The third-order valence-electron chi connectivity index (χ3n) is 4.66. The van der Waals surface area contributed by atoms with Gasteiger partial charge in [0.2, 0.25) is 0 Å². The van der Waals surface area contributed by atoms with Crippen molar-refractivity contribution < 1.29 is 4.79 Å². The summed E-state index contributed by atoms with van der Waals surface area (Å²) in [6.07, 6.45) is 4.44. The maximum absolute atomic E-state index is 12.6. The van der Waals surface area contributed by atoms with Crippen molar-refractivity contribution in [1.29, 1.82) is 0 Å². The molecule has 2 aliphatic rings. The van der Waals surface area contributed by atoms with Crippen LogP contribution in [0.5, 0.6) is 0 Å². The van der Waals surface area contributed by atoms with E-state index >= 15 is 0 Å². The Balaban J connectivity index is 1.64. The molecule has 0 aliphatic carbocycles. The highest BCUT2D eigenvalue weighted by Crippen LogP contribution is 2.26. The van der Waals surface area contributed by atoms with Gasteiger partial charge in [-0.25, -0.2) is 4.98 Å². The highest BCUT2D eigenvalue weighted by molar-refractivity contribution is 7.09. The van der Waals surface area contributed by atoms with Crippen LogP contribution in [0.1, 0.15) is 47.2 Å². The molecule has 1 atom stereocenters. The first-order chi connectivity index (χ1) is 10.1. The number of rotatable bonds is 3. The van der Waals surface area contributed by atoms with Crippen LogP contribution in [-0.2, 0) is 0 Å². The minimum atomic E-state index is 0.0741. The predicted molar refractivity (Wildman–Crippen MR) is 84.7 cm³/mol. The molecule has 0 radical (unpaired) electrons. The van der Waals surface area contributed by atoms with Gasteiger partial charge in [0.1, 0.15) is 10.7 Å². The number of thiazole rings is 1. The van der Waals surface area contributed by atoms with Crippen molar-refractivity contribution >= 4 is 17.2 Å². The summed E-state index contributed by atoms with van der Waals surface area (Å²) in [6, 6.07) is 0.702. The molecule has 0 spiro atoms. The van der Waals surface area contributed by atoms with Crippen molar-refractivity contribution in [3.05, 3.63) is 16.1 Å². The number of amides is 1. The number of aromatic nitrogens is 1. The summed E-state index contributed by atoms with van der Waals surface area (Å²) in [5.74, 6) is 0.0741. The van der Waals surface area contributed by atoms with Gasteiger partial charge in [-0.15, -0.1) is 11.3 Å². The van der Waals surface area contributed by atoms with Crippen molar-refractivity contribution in [2.24, 2.45) is 0 Å². The fraction of sp³-hybridized carbons (Fsp3) is 0.733. The highest BCUT2D eigenvalue weighted by atomic mass is 32.1. The number of hydrogen-bond donors (Lipinski definition) is 1. The lowest BCUT2D eigenvalue weighted by Gasteiger charge is -2.34. The van der Waals surface area contributed by atoms with Crippen LogP contribution in [0.4, 0.5) is 0 Å². The number of nitrogens with one attached hydrogen (secondary N) is 1. The molecule has 5 nitrogen and oxygen atoms in total. The number of nitrogens with zero attached hydrogens (tertiary/aromatic N) is 3. The number of carbonyl (C=O) groups excluding carboxylic acids is 1. The van der Waals surface area contributed by atoms with Crippen LogP contribution in [0, 0.1) is 0 Å². The maximum atomic E-state index is 12.6. The Morgan fingerprint density at radius 2 is 2.19 bits per heavy atom. The van der Waals surface area contributed by atoms with Gasteiger partial charge in [0.05, 0.1) is 6.04 Å². The molecule has 6 heteroatoms. The largest absolute Gasteiger partial charge is 0.337 e. The Kier molecular flexibility index (Phi) is 4.57. The second-order valence-corrected chi connectivity index (χ2v) is 7.06. The smallest absolute Gasteiger partial charge is 0.273 e. The molecule has 0 aromatic carbocycles. The molecule has 1 N–H and O–H groups in total. The van der Waals surface area contributed by atoms with Crippen LogP contribution in [0.15, 0.2) is 5.38 Å². The summed E-state index contributed by atoms with van der Waals surface area (Å²) in [4.78, 5) is 21.4. The fourth-order valence-corrected chi connectivity index (χ4v) is 4.07.